The standard InChI is InChI=1S/C18H17N3O4S2/c1-12-2-4-13(5-3-12)19-16-10-27(24,25)11-17(16)20(18(19)26)14-6-8-15(9-7-14)21(22)23/h2-9,16-17H,10-11H2,1H3/t16-,17-/m1/s1. The highest BCUT2D eigenvalue weighted by atomic mass is 32.2. The summed E-state index contributed by atoms with van der Waals surface area (Å²) in [5, 5.41) is 11.4. The largest absolute Gasteiger partial charge is 0.312 e. The Balaban J connectivity index is 1.76. The summed E-state index contributed by atoms with van der Waals surface area (Å²) in [6, 6.07) is 13.2. The molecular weight excluding hydrogens is 386 g/mol. The highest BCUT2D eigenvalue weighted by Crippen LogP contribution is 2.38. The van der Waals surface area contributed by atoms with Crippen LogP contribution >= 0.6 is 12.2 Å². The number of benzene rings is 2. The lowest BCUT2D eigenvalue weighted by Gasteiger charge is -2.25. The number of aryl methyl sites for hydroxylation is 1. The third-order valence-electron chi connectivity index (χ3n) is 5.02. The van der Waals surface area contributed by atoms with Gasteiger partial charge in [-0.15, -0.1) is 0 Å². The lowest BCUT2D eigenvalue weighted by molar-refractivity contribution is -0.384. The second-order valence-corrected chi connectivity index (χ2v) is 9.36. The SMILES string of the molecule is Cc1ccc(N2C(=S)N(c3ccc([N+](=O)[O-])cc3)[C@@H]3CS(=O)(=O)C[C@H]32)cc1. The third-order valence-corrected chi connectivity index (χ3v) is 7.11. The first-order chi connectivity index (χ1) is 12.8. The van der Waals surface area contributed by atoms with Gasteiger partial charge in [-0.3, -0.25) is 10.1 Å². The molecule has 2 aromatic carbocycles. The van der Waals surface area contributed by atoms with Gasteiger partial charge in [-0.2, -0.15) is 0 Å². The van der Waals surface area contributed by atoms with E-state index in [2.05, 4.69) is 0 Å². The van der Waals surface area contributed by atoms with Gasteiger partial charge < -0.3 is 9.80 Å². The average Bonchev–Trinajstić information content (AvgIpc) is 3.05. The Kier molecular flexibility index (Phi) is 4.15. The molecule has 4 rings (SSSR count). The first kappa shape index (κ1) is 17.9. The van der Waals surface area contributed by atoms with Crippen molar-refractivity contribution in [2.24, 2.45) is 0 Å². The van der Waals surface area contributed by atoms with E-state index in [1.165, 1.54) is 12.1 Å². The molecule has 2 aromatic rings. The number of thiocarbonyl (C=S) groups is 1. The molecule has 27 heavy (non-hydrogen) atoms. The molecule has 0 saturated carbocycles. The van der Waals surface area contributed by atoms with E-state index >= 15 is 0 Å². The van der Waals surface area contributed by atoms with Crippen LogP contribution in [0.4, 0.5) is 17.1 Å². The van der Waals surface area contributed by atoms with Crippen molar-refractivity contribution in [3.8, 4) is 0 Å². The van der Waals surface area contributed by atoms with Crippen molar-refractivity contribution < 1.29 is 13.3 Å². The van der Waals surface area contributed by atoms with Gasteiger partial charge in [-0.05, 0) is 43.4 Å². The molecule has 140 valence electrons. The first-order valence-corrected chi connectivity index (χ1v) is 10.6. The van der Waals surface area contributed by atoms with Crippen molar-refractivity contribution in [3.63, 3.8) is 0 Å². The normalized spacial score (nSPS) is 23.5. The molecule has 0 spiro atoms. The quantitative estimate of drug-likeness (QED) is 0.443. The molecule has 0 bridgehead atoms. The van der Waals surface area contributed by atoms with E-state index in [-0.39, 0.29) is 29.3 Å². The Morgan fingerprint density at radius 3 is 1.85 bits per heavy atom. The number of anilines is 2. The van der Waals surface area contributed by atoms with Crippen LogP contribution in [0.5, 0.6) is 0 Å². The minimum absolute atomic E-state index is 0.0111. The molecule has 0 aliphatic carbocycles. The molecule has 0 radical (unpaired) electrons. The minimum atomic E-state index is -3.19. The Bertz CT molecular complexity index is 1020. The molecule has 2 fully saturated rings. The van der Waals surface area contributed by atoms with Crippen LogP contribution < -0.4 is 9.80 Å². The van der Waals surface area contributed by atoms with Crippen LogP contribution in [-0.2, 0) is 9.84 Å². The first-order valence-electron chi connectivity index (χ1n) is 8.41. The van der Waals surface area contributed by atoms with Crippen LogP contribution in [-0.4, -0.2) is 42.0 Å². The summed E-state index contributed by atoms with van der Waals surface area (Å²) in [4.78, 5) is 14.2. The highest BCUT2D eigenvalue weighted by molar-refractivity contribution is 7.91. The number of nitrogens with zero attached hydrogens (tertiary/aromatic N) is 3. The van der Waals surface area contributed by atoms with E-state index in [1.807, 2.05) is 41.0 Å². The van der Waals surface area contributed by atoms with Crippen molar-refractivity contribution in [1.29, 1.82) is 0 Å². The van der Waals surface area contributed by atoms with Gasteiger partial charge in [0.1, 0.15) is 0 Å². The number of sulfone groups is 1. The number of rotatable bonds is 3. The molecule has 0 amide bonds. The van der Waals surface area contributed by atoms with E-state index in [9.17, 15) is 18.5 Å². The zero-order valence-electron chi connectivity index (χ0n) is 14.5. The maximum Gasteiger partial charge on any atom is 0.269 e. The number of fused-ring (bicyclic) bond motifs is 1. The van der Waals surface area contributed by atoms with E-state index in [4.69, 9.17) is 12.2 Å². The predicted octanol–water partition coefficient (Wildman–Crippen LogP) is 2.68. The van der Waals surface area contributed by atoms with E-state index in [1.54, 1.807) is 12.1 Å². The molecular formula is C18H17N3O4S2. The molecule has 2 heterocycles. The Labute approximate surface area is 162 Å². The summed E-state index contributed by atoms with van der Waals surface area (Å²) in [6.07, 6.45) is 0. The lowest BCUT2D eigenvalue weighted by atomic mass is 10.1. The van der Waals surface area contributed by atoms with Crippen LogP contribution in [0, 0.1) is 17.0 Å². The maximum atomic E-state index is 12.3. The molecule has 0 unspecified atom stereocenters. The average molecular weight is 403 g/mol. The topological polar surface area (TPSA) is 83.8 Å². The zero-order chi connectivity index (χ0) is 19.3. The van der Waals surface area contributed by atoms with E-state index in [0.29, 0.717) is 10.8 Å². The summed E-state index contributed by atoms with van der Waals surface area (Å²) in [5.41, 5.74) is 2.59. The van der Waals surface area contributed by atoms with Crippen molar-refractivity contribution in [2.45, 2.75) is 19.0 Å². The minimum Gasteiger partial charge on any atom is -0.312 e. The number of non-ortho nitro benzene ring substituents is 1. The van der Waals surface area contributed by atoms with Crippen molar-refractivity contribution in [3.05, 3.63) is 64.2 Å². The fraction of sp³-hybridized carbons (Fsp3) is 0.278. The zero-order valence-corrected chi connectivity index (χ0v) is 16.1. The smallest absolute Gasteiger partial charge is 0.269 e. The van der Waals surface area contributed by atoms with Gasteiger partial charge in [0, 0.05) is 23.5 Å². The van der Waals surface area contributed by atoms with Crippen LogP contribution in [0.15, 0.2) is 48.5 Å². The molecule has 0 N–H and O–H groups in total. The van der Waals surface area contributed by atoms with Crippen LogP contribution in [0.25, 0.3) is 0 Å². The fourth-order valence-electron chi connectivity index (χ4n) is 3.75. The molecule has 2 saturated heterocycles. The summed E-state index contributed by atoms with van der Waals surface area (Å²) in [7, 11) is -3.19. The third kappa shape index (κ3) is 3.06. The van der Waals surface area contributed by atoms with Gasteiger partial charge in [-0.1, -0.05) is 17.7 Å². The van der Waals surface area contributed by atoms with Gasteiger partial charge in [0.2, 0.25) is 0 Å². The van der Waals surface area contributed by atoms with Gasteiger partial charge >= 0.3 is 0 Å². The molecule has 2 aliphatic rings. The monoisotopic (exact) mass is 403 g/mol. The summed E-state index contributed by atoms with van der Waals surface area (Å²) in [5.74, 6) is 0.0479. The van der Waals surface area contributed by atoms with Crippen LogP contribution in [0.1, 0.15) is 5.56 Å². The molecule has 7 nitrogen and oxygen atoms in total. The molecule has 2 atom stereocenters. The van der Waals surface area contributed by atoms with E-state index < -0.39 is 14.8 Å². The van der Waals surface area contributed by atoms with Gasteiger partial charge in [0.15, 0.2) is 14.9 Å². The van der Waals surface area contributed by atoms with Gasteiger partial charge in [-0.25, -0.2) is 8.42 Å². The second-order valence-electron chi connectivity index (χ2n) is 6.84. The Morgan fingerprint density at radius 1 is 0.963 bits per heavy atom. The number of nitro benzene ring substituents is 1. The van der Waals surface area contributed by atoms with Crippen molar-refractivity contribution >= 4 is 44.2 Å². The van der Waals surface area contributed by atoms with Crippen LogP contribution in [0.3, 0.4) is 0 Å². The fourth-order valence-corrected chi connectivity index (χ4v) is 6.15. The lowest BCUT2D eigenvalue weighted by Crippen LogP contribution is -2.37. The van der Waals surface area contributed by atoms with Crippen molar-refractivity contribution in [1.82, 2.24) is 0 Å². The second kappa shape index (κ2) is 6.28. The maximum absolute atomic E-state index is 12.3. The van der Waals surface area contributed by atoms with E-state index in [0.717, 1.165) is 11.3 Å². The number of hydrogen-bond acceptors (Lipinski definition) is 5. The molecule has 9 heteroatoms. The van der Waals surface area contributed by atoms with Crippen LogP contribution in [0.2, 0.25) is 0 Å². The van der Waals surface area contributed by atoms with Gasteiger partial charge in [0.05, 0.1) is 28.5 Å². The highest BCUT2D eigenvalue weighted by Gasteiger charge is 2.52. The number of nitro groups is 1. The Morgan fingerprint density at radius 2 is 1.41 bits per heavy atom. The summed E-state index contributed by atoms with van der Waals surface area (Å²) >= 11 is 5.70. The van der Waals surface area contributed by atoms with Gasteiger partial charge in [0.25, 0.3) is 5.69 Å². The summed E-state index contributed by atoms with van der Waals surface area (Å²) < 4.78 is 24.6. The number of hydrogen-bond donors (Lipinski definition) is 0. The molecule has 2 aliphatic heterocycles. The predicted molar refractivity (Wildman–Crippen MR) is 108 cm³/mol. The Hall–Kier alpha value is -2.52. The van der Waals surface area contributed by atoms with Crippen molar-refractivity contribution in [2.75, 3.05) is 21.3 Å². The molecule has 0 aromatic heterocycles. The summed E-state index contributed by atoms with van der Waals surface area (Å²) in [6.45, 7) is 1.98.